The molecular formula is C17H14N2O10. The van der Waals surface area contributed by atoms with E-state index < -0.39 is 47.0 Å². The largest absolute Gasteiger partial charge is 0.465 e. The molecule has 1 N–H and O–H groups in total. The Hall–Kier alpha value is -4.22. The number of carbonyl (C=O) groups is 4. The molecule has 0 aliphatic rings. The summed E-state index contributed by atoms with van der Waals surface area (Å²) >= 11 is 0. The van der Waals surface area contributed by atoms with Crippen molar-refractivity contribution in [3.8, 4) is 0 Å². The van der Waals surface area contributed by atoms with E-state index in [1.807, 2.05) is 0 Å². The predicted octanol–water partition coefficient (Wildman–Crippen LogP) is 1.56. The molecule has 29 heavy (non-hydrogen) atoms. The summed E-state index contributed by atoms with van der Waals surface area (Å²) in [4.78, 5) is 56.9. The van der Waals surface area contributed by atoms with E-state index in [2.05, 4.69) is 19.2 Å². The molecule has 12 heteroatoms. The maximum Gasteiger partial charge on any atom is 0.433 e. The number of carbonyl (C=O) groups excluding carboxylic acids is 4. The Kier molecular flexibility index (Phi) is 6.63. The monoisotopic (exact) mass is 406 g/mol. The van der Waals surface area contributed by atoms with Crippen LogP contribution >= 0.6 is 0 Å². The van der Waals surface area contributed by atoms with Gasteiger partial charge >= 0.3 is 23.8 Å². The Labute approximate surface area is 162 Å². The van der Waals surface area contributed by atoms with Gasteiger partial charge in [-0.3, -0.25) is 14.9 Å². The second kappa shape index (κ2) is 9.12. The number of ether oxygens (including phenoxy) is 3. The van der Waals surface area contributed by atoms with Crippen molar-refractivity contribution in [1.82, 2.24) is 0 Å². The maximum absolute atomic E-state index is 12.0. The van der Waals surface area contributed by atoms with Gasteiger partial charge in [-0.2, -0.15) is 0 Å². The van der Waals surface area contributed by atoms with Gasteiger partial charge in [0.15, 0.2) is 6.61 Å². The molecule has 0 radical (unpaired) electrons. The first kappa shape index (κ1) is 21.1. The first-order chi connectivity index (χ1) is 13.7. The molecule has 0 saturated heterocycles. The van der Waals surface area contributed by atoms with E-state index in [0.29, 0.717) is 0 Å². The third-order valence-electron chi connectivity index (χ3n) is 3.37. The van der Waals surface area contributed by atoms with Crippen LogP contribution in [0.2, 0.25) is 0 Å². The van der Waals surface area contributed by atoms with Crippen molar-refractivity contribution in [3.63, 3.8) is 0 Å². The Balaban J connectivity index is 2.07. The third-order valence-corrected chi connectivity index (χ3v) is 3.37. The standard InChI is InChI=1S/C17H14N2O10/c1-26-15(21)9-5-10(16(22)27-2)7-11(6-9)18-13(20)8-28-17(23)12-3-4-14(29-12)19(24)25/h3-7H,8H2,1-2H3,(H,18,20). The Morgan fingerprint density at radius 1 is 1.00 bits per heavy atom. The molecule has 2 aromatic rings. The molecule has 1 amide bonds. The predicted molar refractivity (Wildman–Crippen MR) is 93.4 cm³/mol. The highest BCUT2D eigenvalue weighted by molar-refractivity contribution is 6.00. The molecule has 1 aromatic heterocycles. The number of esters is 3. The number of anilines is 1. The average Bonchev–Trinajstić information content (AvgIpc) is 3.21. The highest BCUT2D eigenvalue weighted by Crippen LogP contribution is 2.18. The third kappa shape index (κ3) is 5.38. The van der Waals surface area contributed by atoms with Gasteiger partial charge in [-0.15, -0.1) is 0 Å². The van der Waals surface area contributed by atoms with Crippen molar-refractivity contribution in [1.29, 1.82) is 0 Å². The van der Waals surface area contributed by atoms with Crippen LogP contribution in [-0.2, 0) is 19.0 Å². The minimum absolute atomic E-state index is 0.0226. The van der Waals surface area contributed by atoms with Crippen molar-refractivity contribution in [3.05, 3.63) is 57.3 Å². The van der Waals surface area contributed by atoms with Crippen molar-refractivity contribution < 1.29 is 42.7 Å². The van der Waals surface area contributed by atoms with E-state index in [0.717, 1.165) is 26.4 Å². The summed E-state index contributed by atoms with van der Waals surface area (Å²) in [6.07, 6.45) is 0. The Morgan fingerprint density at radius 2 is 1.59 bits per heavy atom. The fourth-order valence-electron chi connectivity index (χ4n) is 2.11. The van der Waals surface area contributed by atoms with Crippen LogP contribution in [0.3, 0.4) is 0 Å². The van der Waals surface area contributed by atoms with E-state index in [1.165, 1.54) is 18.2 Å². The van der Waals surface area contributed by atoms with Crippen LogP contribution in [0.5, 0.6) is 0 Å². The van der Waals surface area contributed by atoms with E-state index >= 15 is 0 Å². The minimum atomic E-state index is -1.09. The normalized spacial score (nSPS) is 10.0. The van der Waals surface area contributed by atoms with Gasteiger partial charge in [0.2, 0.25) is 5.76 Å². The van der Waals surface area contributed by atoms with Gasteiger partial charge in [0.1, 0.15) is 4.92 Å². The molecule has 0 saturated carbocycles. The van der Waals surface area contributed by atoms with Crippen molar-refractivity contribution >= 4 is 35.4 Å². The summed E-state index contributed by atoms with van der Waals surface area (Å²) in [5.74, 6) is -4.51. The summed E-state index contributed by atoms with van der Waals surface area (Å²) < 4.78 is 18.5. The number of hydrogen-bond acceptors (Lipinski definition) is 10. The molecule has 12 nitrogen and oxygen atoms in total. The zero-order valence-corrected chi connectivity index (χ0v) is 15.1. The minimum Gasteiger partial charge on any atom is -0.465 e. The van der Waals surface area contributed by atoms with Crippen LogP contribution in [0.4, 0.5) is 11.6 Å². The number of nitrogens with one attached hydrogen (secondary N) is 1. The van der Waals surface area contributed by atoms with Gasteiger partial charge in [-0.1, -0.05) is 0 Å². The first-order valence-corrected chi connectivity index (χ1v) is 7.78. The van der Waals surface area contributed by atoms with Gasteiger partial charge in [0.05, 0.1) is 31.4 Å². The van der Waals surface area contributed by atoms with Gasteiger partial charge < -0.3 is 23.9 Å². The number of benzene rings is 1. The molecule has 0 spiro atoms. The quantitative estimate of drug-likeness (QED) is 0.309. The van der Waals surface area contributed by atoms with E-state index in [9.17, 15) is 29.3 Å². The molecule has 0 bridgehead atoms. The average molecular weight is 406 g/mol. The lowest BCUT2D eigenvalue weighted by molar-refractivity contribution is -0.402. The van der Waals surface area contributed by atoms with Gasteiger partial charge in [-0.25, -0.2) is 14.4 Å². The second-order valence-corrected chi connectivity index (χ2v) is 5.30. The first-order valence-electron chi connectivity index (χ1n) is 7.78. The molecule has 0 atom stereocenters. The topological polar surface area (TPSA) is 164 Å². The van der Waals surface area contributed by atoms with Crippen LogP contribution in [0.25, 0.3) is 0 Å². The highest BCUT2D eigenvalue weighted by atomic mass is 16.7. The van der Waals surface area contributed by atoms with E-state index in [4.69, 9.17) is 4.74 Å². The van der Waals surface area contributed by atoms with Gasteiger partial charge in [-0.05, 0) is 24.3 Å². The molecule has 0 fully saturated rings. The zero-order valence-electron chi connectivity index (χ0n) is 15.1. The molecule has 1 heterocycles. The fourth-order valence-corrected chi connectivity index (χ4v) is 2.11. The summed E-state index contributed by atoms with van der Waals surface area (Å²) in [6, 6.07) is 5.70. The summed E-state index contributed by atoms with van der Waals surface area (Å²) in [7, 11) is 2.29. The smallest absolute Gasteiger partial charge is 0.433 e. The second-order valence-electron chi connectivity index (χ2n) is 5.30. The zero-order chi connectivity index (χ0) is 21.6. The number of nitrogens with zero attached hydrogens (tertiary/aromatic N) is 1. The fraction of sp³-hybridized carbons (Fsp3) is 0.176. The van der Waals surface area contributed by atoms with Crippen molar-refractivity contribution in [2.75, 3.05) is 26.1 Å². The number of furan rings is 1. The summed E-state index contributed by atoms with van der Waals surface area (Å²) in [6.45, 7) is -0.761. The number of amides is 1. The molecule has 1 aromatic carbocycles. The number of nitro groups is 1. The van der Waals surface area contributed by atoms with Crippen LogP contribution < -0.4 is 5.32 Å². The highest BCUT2D eigenvalue weighted by Gasteiger charge is 2.20. The van der Waals surface area contributed by atoms with Gasteiger partial charge in [0.25, 0.3) is 5.91 Å². The van der Waals surface area contributed by atoms with Gasteiger partial charge in [0, 0.05) is 5.69 Å². The molecule has 0 aliphatic carbocycles. The van der Waals surface area contributed by atoms with Crippen molar-refractivity contribution in [2.45, 2.75) is 0 Å². The van der Waals surface area contributed by atoms with Crippen LogP contribution in [-0.4, -0.2) is 49.6 Å². The van der Waals surface area contributed by atoms with E-state index in [1.54, 1.807) is 0 Å². The molecule has 152 valence electrons. The van der Waals surface area contributed by atoms with Crippen LogP contribution in [0.15, 0.2) is 34.7 Å². The van der Waals surface area contributed by atoms with E-state index in [-0.39, 0.29) is 16.8 Å². The number of methoxy groups -OCH3 is 2. The molecular weight excluding hydrogens is 392 g/mol. The Morgan fingerprint density at radius 3 is 2.07 bits per heavy atom. The maximum atomic E-state index is 12.0. The lowest BCUT2D eigenvalue weighted by Gasteiger charge is -2.09. The van der Waals surface area contributed by atoms with Crippen LogP contribution in [0, 0.1) is 10.1 Å². The molecule has 0 unspecified atom stereocenters. The SMILES string of the molecule is COC(=O)c1cc(NC(=O)COC(=O)c2ccc([N+](=O)[O-])o2)cc(C(=O)OC)c1. The molecule has 2 rings (SSSR count). The lowest BCUT2D eigenvalue weighted by atomic mass is 10.1. The van der Waals surface area contributed by atoms with Crippen molar-refractivity contribution in [2.24, 2.45) is 0 Å². The lowest BCUT2D eigenvalue weighted by Crippen LogP contribution is -2.21. The van der Waals surface area contributed by atoms with Crippen LogP contribution in [0.1, 0.15) is 31.3 Å². The summed E-state index contributed by atoms with van der Waals surface area (Å²) in [5, 5.41) is 12.9. The number of hydrogen-bond donors (Lipinski definition) is 1. The molecule has 0 aliphatic heterocycles. The summed E-state index contributed by atoms with van der Waals surface area (Å²) in [5.41, 5.74) is -0.000773. The Bertz CT molecular complexity index is 944. The number of rotatable bonds is 7.